The summed E-state index contributed by atoms with van der Waals surface area (Å²) >= 11 is 0. The predicted octanol–water partition coefficient (Wildman–Crippen LogP) is 2.81. The molecule has 0 aliphatic heterocycles. The number of hydrogen-bond donors (Lipinski definition) is 1. The molecule has 2 rings (SSSR count). The first kappa shape index (κ1) is 17.8. The lowest BCUT2D eigenvalue weighted by molar-refractivity contribution is -0.150. The third kappa shape index (κ3) is 5.27. The molecule has 1 amide bonds. The summed E-state index contributed by atoms with van der Waals surface area (Å²) in [6, 6.07) is 5.03. The molecule has 1 aliphatic rings. The summed E-state index contributed by atoms with van der Waals surface area (Å²) in [5.41, 5.74) is -0.211. The molecule has 1 aromatic heterocycles. The normalized spacial score (nSPS) is 16.9. The fourth-order valence-corrected chi connectivity index (χ4v) is 2.71. The van der Waals surface area contributed by atoms with E-state index in [4.69, 9.17) is 14.4 Å². The summed E-state index contributed by atoms with van der Waals surface area (Å²) in [6.45, 7) is 2.10. The molecule has 24 heavy (non-hydrogen) atoms. The molecule has 0 unspecified atom stereocenters. The van der Waals surface area contributed by atoms with Crippen molar-refractivity contribution in [1.82, 2.24) is 5.32 Å². The number of carbonyl (C=O) groups excluding carboxylic acids is 2. The van der Waals surface area contributed by atoms with E-state index >= 15 is 0 Å². The van der Waals surface area contributed by atoms with Crippen molar-refractivity contribution in [2.45, 2.75) is 45.1 Å². The molecule has 1 saturated carbocycles. The predicted molar refractivity (Wildman–Crippen MR) is 87.4 cm³/mol. The van der Waals surface area contributed by atoms with E-state index in [1.807, 2.05) is 0 Å². The highest BCUT2D eigenvalue weighted by Crippen LogP contribution is 2.22. The Morgan fingerprint density at radius 2 is 2.21 bits per heavy atom. The van der Waals surface area contributed by atoms with Crippen molar-refractivity contribution in [3.05, 3.63) is 29.7 Å². The molecule has 1 aliphatic carbocycles. The second kappa shape index (κ2) is 8.92. The number of nitrogens with zero attached hydrogens (tertiary/aromatic N) is 1. The lowest BCUT2D eigenvalue weighted by Gasteiger charge is -2.22. The highest BCUT2D eigenvalue weighted by molar-refractivity contribution is 5.98. The molecular formula is C18H22N2O4. The van der Waals surface area contributed by atoms with Crippen molar-refractivity contribution in [2.24, 2.45) is 5.92 Å². The van der Waals surface area contributed by atoms with E-state index in [1.165, 1.54) is 38.5 Å². The van der Waals surface area contributed by atoms with Crippen LogP contribution in [0.15, 0.2) is 28.4 Å². The Morgan fingerprint density at radius 3 is 2.83 bits per heavy atom. The van der Waals surface area contributed by atoms with Gasteiger partial charge in [-0.3, -0.25) is 4.79 Å². The molecule has 1 atom stereocenters. The Morgan fingerprint density at radius 1 is 1.46 bits per heavy atom. The van der Waals surface area contributed by atoms with Gasteiger partial charge in [-0.15, -0.1) is 0 Å². The Labute approximate surface area is 141 Å². The zero-order valence-electron chi connectivity index (χ0n) is 13.8. The van der Waals surface area contributed by atoms with Crippen molar-refractivity contribution < 1.29 is 18.7 Å². The van der Waals surface area contributed by atoms with Crippen LogP contribution < -0.4 is 5.32 Å². The third-order valence-electron chi connectivity index (χ3n) is 4.11. The molecular weight excluding hydrogens is 308 g/mol. The van der Waals surface area contributed by atoms with Gasteiger partial charge < -0.3 is 14.5 Å². The fraction of sp³-hybridized carbons (Fsp3) is 0.500. The first-order valence-corrected chi connectivity index (χ1v) is 8.24. The van der Waals surface area contributed by atoms with Crippen LogP contribution >= 0.6 is 0 Å². The van der Waals surface area contributed by atoms with Crippen molar-refractivity contribution in [3.63, 3.8) is 0 Å². The van der Waals surface area contributed by atoms with Crippen LogP contribution in [0.25, 0.3) is 6.08 Å². The fourth-order valence-electron chi connectivity index (χ4n) is 2.71. The van der Waals surface area contributed by atoms with Crippen molar-refractivity contribution >= 4 is 18.0 Å². The van der Waals surface area contributed by atoms with Gasteiger partial charge in [0.1, 0.15) is 17.4 Å². The first-order valence-electron chi connectivity index (χ1n) is 8.24. The molecule has 0 spiro atoms. The van der Waals surface area contributed by atoms with Crippen LogP contribution in [0.1, 0.15) is 44.8 Å². The van der Waals surface area contributed by atoms with E-state index < -0.39 is 12.1 Å². The monoisotopic (exact) mass is 330 g/mol. The molecule has 128 valence electrons. The van der Waals surface area contributed by atoms with Gasteiger partial charge in [0.2, 0.25) is 0 Å². The van der Waals surface area contributed by atoms with E-state index in [0.717, 1.165) is 12.8 Å². The average molecular weight is 330 g/mol. The highest BCUT2D eigenvalue weighted by Gasteiger charge is 2.22. The molecule has 0 aromatic carbocycles. The Bertz CT molecular complexity index is 622. The summed E-state index contributed by atoms with van der Waals surface area (Å²) in [6.07, 6.45) is 7.69. The van der Waals surface area contributed by atoms with Crippen LogP contribution in [0, 0.1) is 17.2 Å². The maximum absolute atomic E-state index is 12.0. The number of rotatable bonds is 6. The molecule has 1 fully saturated rings. The minimum atomic E-state index is -0.950. The van der Waals surface area contributed by atoms with Crippen molar-refractivity contribution in [1.29, 1.82) is 5.26 Å². The van der Waals surface area contributed by atoms with Crippen LogP contribution in [0.4, 0.5) is 0 Å². The second-order valence-corrected chi connectivity index (χ2v) is 5.98. The SMILES string of the molecule is C[C@H](OC(=O)/C(C#N)=C/c1ccco1)C(=O)NCC1CCCCC1. The van der Waals surface area contributed by atoms with Crippen LogP contribution in [-0.4, -0.2) is 24.5 Å². The molecule has 6 heteroatoms. The molecule has 6 nitrogen and oxygen atoms in total. The third-order valence-corrected chi connectivity index (χ3v) is 4.11. The minimum Gasteiger partial charge on any atom is -0.465 e. The number of esters is 1. The number of nitriles is 1. The second-order valence-electron chi connectivity index (χ2n) is 5.98. The minimum absolute atomic E-state index is 0.211. The summed E-state index contributed by atoms with van der Waals surface area (Å²) in [5.74, 6) is -0.310. The number of furan rings is 1. The lowest BCUT2D eigenvalue weighted by Crippen LogP contribution is -2.38. The maximum atomic E-state index is 12.0. The maximum Gasteiger partial charge on any atom is 0.349 e. The van der Waals surface area contributed by atoms with Crippen LogP contribution in [0.3, 0.4) is 0 Å². The Kier molecular flexibility index (Phi) is 6.62. The molecule has 0 bridgehead atoms. The molecule has 0 saturated heterocycles. The molecule has 1 aromatic rings. The van der Waals surface area contributed by atoms with E-state index in [0.29, 0.717) is 18.2 Å². The standard InChI is InChI=1S/C18H22N2O4/c1-13(17(21)20-12-14-6-3-2-4-7-14)24-18(22)15(11-19)10-16-8-5-9-23-16/h5,8-10,13-14H,2-4,6-7,12H2,1H3,(H,20,21)/b15-10+/t13-/m0/s1. The van der Waals surface area contributed by atoms with Gasteiger partial charge in [0.05, 0.1) is 6.26 Å². The van der Waals surface area contributed by atoms with Crippen LogP contribution in [-0.2, 0) is 14.3 Å². The Balaban J connectivity index is 1.83. The lowest BCUT2D eigenvalue weighted by atomic mass is 9.89. The largest absolute Gasteiger partial charge is 0.465 e. The van der Waals surface area contributed by atoms with Gasteiger partial charge in [0, 0.05) is 12.6 Å². The van der Waals surface area contributed by atoms with E-state index in [9.17, 15) is 9.59 Å². The summed E-state index contributed by atoms with van der Waals surface area (Å²) in [7, 11) is 0. The highest BCUT2D eigenvalue weighted by atomic mass is 16.5. The van der Waals surface area contributed by atoms with Crippen LogP contribution in [0.5, 0.6) is 0 Å². The van der Waals surface area contributed by atoms with Gasteiger partial charge in [0.25, 0.3) is 5.91 Å². The number of nitrogens with one attached hydrogen (secondary N) is 1. The van der Waals surface area contributed by atoms with Gasteiger partial charge in [-0.25, -0.2) is 4.79 Å². The number of amides is 1. The van der Waals surface area contributed by atoms with E-state index in [-0.39, 0.29) is 11.5 Å². The zero-order chi connectivity index (χ0) is 17.4. The number of carbonyl (C=O) groups is 2. The van der Waals surface area contributed by atoms with Gasteiger partial charge >= 0.3 is 5.97 Å². The van der Waals surface area contributed by atoms with Crippen molar-refractivity contribution in [2.75, 3.05) is 6.54 Å². The topological polar surface area (TPSA) is 92.3 Å². The number of ether oxygens (including phenoxy) is 1. The molecule has 1 N–H and O–H groups in total. The number of hydrogen-bond acceptors (Lipinski definition) is 5. The molecule has 1 heterocycles. The quantitative estimate of drug-likeness (QED) is 0.492. The Hall–Kier alpha value is -2.55. The zero-order valence-corrected chi connectivity index (χ0v) is 13.8. The summed E-state index contributed by atoms with van der Waals surface area (Å²) < 4.78 is 10.1. The van der Waals surface area contributed by atoms with Crippen molar-refractivity contribution in [3.8, 4) is 6.07 Å². The first-order chi connectivity index (χ1) is 11.6. The van der Waals surface area contributed by atoms with Gasteiger partial charge in [-0.1, -0.05) is 19.3 Å². The van der Waals surface area contributed by atoms with E-state index in [2.05, 4.69) is 5.32 Å². The van der Waals surface area contributed by atoms with Gasteiger partial charge in [-0.05, 0) is 37.8 Å². The molecule has 0 radical (unpaired) electrons. The summed E-state index contributed by atoms with van der Waals surface area (Å²) in [4.78, 5) is 24.0. The van der Waals surface area contributed by atoms with Gasteiger partial charge in [-0.2, -0.15) is 5.26 Å². The van der Waals surface area contributed by atoms with Crippen LogP contribution in [0.2, 0.25) is 0 Å². The van der Waals surface area contributed by atoms with E-state index in [1.54, 1.807) is 18.2 Å². The smallest absolute Gasteiger partial charge is 0.349 e. The van der Waals surface area contributed by atoms with Gasteiger partial charge in [0.15, 0.2) is 6.10 Å². The summed E-state index contributed by atoms with van der Waals surface area (Å²) in [5, 5.41) is 11.9. The average Bonchev–Trinajstić information content (AvgIpc) is 3.11.